The zero-order chi connectivity index (χ0) is 13.0. The summed E-state index contributed by atoms with van der Waals surface area (Å²) in [4.78, 5) is 5.46. The Balaban J connectivity index is 2.04. The van der Waals surface area contributed by atoms with Crippen LogP contribution in [0.2, 0.25) is 0 Å². The highest BCUT2D eigenvalue weighted by Gasteiger charge is 2.10. The zero-order valence-electron chi connectivity index (χ0n) is 9.69. The molecule has 0 saturated heterocycles. The molecule has 1 N–H and O–H groups in total. The average molecular weight is 268 g/mol. The van der Waals surface area contributed by atoms with Gasteiger partial charge in [-0.2, -0.15) is 8.42 Å². The third-order valence-corrected chi connectivity index (χ3v) is 3.25. The van der Waals surface area contributed by atoms with E-state index in [1.807, 2.05) is 36.4 Å². The fraction of sp³-hybridized carbons (Fsp3) is 0.250. The Labute approximate surface area is 105 Å². The van der Waals surface area contributed by atoms with Gasteiger partial charge in [0.25, 0.3) is 15.6 Å². The topological polar surface area (TPSA) is 67.5 Å². The van der Waals surface area contributed by atoms with E-state index in [2.05, 4.69) is 0 Å². The van der Waals surface area contributed by atoms with Crippen molar-refractivity contribution in [2.45, 2.75) is 6.42 Å². The molecular formula is C12H14NO4S+. The van der Waals surface area contributed by atoms with Crippen LogP contribution in [0.5, 0.6) is 0 Å². The fourth-order valence-electron chi connectivity index (χ4n) is 1.65. The molecule has 1 heterocycles. The normalized spacial score (nSPS) is 11.6. The first-order valence-corrected chi connectivity index (χ1v) is 7.15. The molecule has 0 bridgehead atoms. The van der Waals surface area contributed by atoms with E-state index in [0.29, 0.717) is 0 Å². The van der Waals surface area contributed by atoms with E-state index in [-0.39, 0.29) is 18.8 Å². The molecular weight excluding hydrogens is 254 g/mol. The van der Waals surface area contributed by atoms with Crippen molar-refractivity contribution in [2.24, 2.45) is 0 Å². The zero-order valence-corrected chi connectivity index (χ0v) is 10.5. The Morgan fingerprint density at radius 3 is 2.67 bits per heavy atom. The van der Waals surface area contributed by atoms with E-state index in [9.17, 15) is 8.42 Å². The van der Waals surface area contributed by atoms with Gasteiger partial charge in [0.05, 0.1) is 11.1 Å². The smallest absolute Gasteiger partial charge is 0.264 e. The van der Waals surface area contributed by atoms with Gasteiger partial charge >= 0.3 is 0 Å². The van der Waals surface area contributed by atoms with Crippen LogP contribution >= 0.6 is 0 Å². The molecule has 5 nitrogen and oxygen atoms in total. The minimum Gasteiger partial charge on any atom is -0.286 e. The first-order chi connectivity index (χ1) is 8.56. The van der Waals surface area contributed by atoms with Gasteiger partial charge in [0.2, 0.25) is 6.20 Å². The molecule has 0 atom stereocenters. The Morgan fingerprint density at radius 2 is 1.89 bits per heavy atom. The lowest BCUT2D eigenvalue weighted by Gasteiger charge is -2.00. The number of aromatic nitrogens is 1. The Bertz CT molecular complexity index is 634. The summed E-state index contributed by atoms with van der Waals surface area (Å²) in [7, 11) is -3.91. The average Bonchev–Trinajstić information content (AvgIpc) is 2.33. The predicted molar refractivity (Wildman–Crippen MR) is 66.6 cm³/mol. The first-order valence-electron chi connectivity index (χ1n) is 5.54. The molecule has 0 amide bonds. The van der Waals surface area contributed by atoms with Crippen molar-refractivity contribution in [3.05, 3.63) is 42.6 Å². The van der Waals surface area contributed by atoms with Crippen LogP contribution in [0.3, 0.4) is 0 Å². The third-order valence-electron chi connectivity index (χ3n) is 2.45. The number of rotatable bonds is 5. The molecule has 0 unspecified atom stereocenters. The molecule has 0 fully saturated rings. The first kappa shape index (κ1) is 12.8. The highest BCUT2D eigenvalue weighted by Crippen LogP contribution is 2.07. The highest BCUT2D eigenvalue weighted by atomic mass is 32.2. The molecule has 18 heavy (non-hydrogen) atoms. The summed E-state index contributed by atoms with van der Waals surface area (Å²) in [5.74, 6) is -0.293. The summed E-state index contributed by atoms with van der Waals surface area (Å²) in [5.41, 5.74) is 0.909. The van der Waals surface area contributed by atoms with Crippen LogP contribution in [0.15, 0.2) is 42.6 Å². The van der Waals surface area contributed by atoms with E-state index >= 15 is 0 Å². The number of pyridine rings is 1. The molecule has 6 heteroatoms. The Morgan fingerprint density at radius 1 is 1.17 bits per heavy atom. The maximum absolute atomic E-state index is 10.5. The number of fused-ring (bicyclic) bond motifs is 1. The van der Waals surface area contributed by atoms with Gasteiger partial charge in [-0.1, -0.05) is 12.1 Å². The van der Waals surface area contributed by atoms with Gasteiger partial charge in [-0.05, 0) is 12.1 Å². The second kappa shape index (κ2) is 5.32. The summed E-state index contributed by atoms with van der Waals surface area (Å²) >= 11 is 0. The Kier molecular flexibility index (Phi) is 3.78. The van der Waals surface area contributed by atoms with E-state index in [0.717, 1.165) is 10.9 Å². The van der Waals surface area contributed by atoms with Crippen LogP contribution < -0.4 is 9.57 Å². The fourth-order valence-corrected chi connectivity index (χ4v) is 2.13. The number of hydrogen-bond acceptors (Lipinski definition) is 3. The van der Waals surface area contributed by atoms with Gasteiger partial charge in [0.1, 0.15) is 0 Å². The molecule has 0 radical (unpaired) electrons. The summed E-state index contributed by atoms with van der Waals surface area (Å²) in [6, 6.07) is 11.5. The van der Waals surface area contributed by atoms with E-state index in [4.69, 9.17) is 9.39 Å². The molecule has 2 rings (SSSR count). The Hall–Kier alpha value is -1.66. The molecule has 1 aromatic heterocycles. The van der Waals surface area contributed by atoms with Gasteiger partial charge in [0.15, 0.2) is 6.61 Å². The second-order valence-corrected chi connectivity index (χ2v) is 5.44. The van der Waals surface area contributed by atoms with Crippen LogP contribution in [0.25, 0.3) is 10.9 Å². The van der Waals surface area contributed by atoms with Crippen LogP contribution in [-0.4, -0.2) is 25.3 Å². The van der Waals surface area contributed by atoms with Crippen molar-refractivity contribution >= 4 is 21.0 Å². The molecule has 2 aromatic rings. The van der Waals surface area contributed by atoms with Crippen molar-refractivity contribution in [3.63, 3.8) is 0 Å². The minimum absolute atomic E-state index is 0.221. The lowest BCUT2D eigenvalue weighted by Crippen LogP contribution is -2.43. The summed E-state index contributed by atoms with van der Waals surface area (Å²) in [6.07, 6.45) is 2.00. The number of benzene rings is 1. The van der Waals surface area contributed by atoms with E-state index in [1.165, 1.54) is 0 Å². The van der Waals surface area contributed by atoms with Gasteiger partial charge in [0, 0.05) is 23.3 Å². The predicted octanol–water partition coefficient (Wildman–Crippen LogP) is 0.834. The van der Waals surface area contributed by atoms with Gasteiger partial charge in [-0.15, -0.1) is 0 Å². The molecule has 0 spiro atoms. The standard InChI is InChI=1S/C12H13NO4S/c14-18(15,16)10-4-9-17-13-8-3-6-11-5-1-2-7-12(11)13/h1-3,5-8H,4,9-10H2/p+1. The highest BCUT2D eigenvalue weighted by molar-refractivity contribution is 7.85. The molecule has 0 aliphatic heterocycles. The van der Waals surface area contributed by atoms with E-state index < -0.39 is 10.1 Å². The van der Waals surface area contributed by atoms with Crippen molar-refractivity contribution in [3.8, 4) is 0 Å². The third kappa shape index (κ3) is 3.41. The van der Waals surface area contributed by atoms with Crippen LogP contribution in [0, 0.1) is 0 Å². The number of hydrogen-bond donors (Lipinski definition) is 1. The van der Waals surface area contributed by atoms with Crippen molar-refractivity contribution < 1.29 is 22.5 Å². The van der Waals surface area contributed by atoms with E-state index in [1.54, 1.807) is 10.9 Å². The molecule has 96 valence electrons. The van der Waals surface area contributed by atoms with Gasteiger partial charge in [-0.3, -0.25) is 9.39 Å². The maximum atomic E-state index is 10.5. The largest absolute Gasteiger partial charge is 0.286 e. The lowest BCUT2D eigenvalue weighted by atomic mass is 10.2. The van der Waals surface area contributed by atoms with Gasteiger partial charge in [-0.25, -0.2) is 0 Å². The summed E-state index contributed by atoms with van der Waals surface area (Å²) < 4.78 is 31.3. The van der Waals surface area contributed by atoms with Gasteiger partial charge < -0.3 is 0 Å². The van der Waals surface area contributed by atoms with Crippen molar-refractivity contribution in [1.29, 1.82) is 0 Å². The molecule has 0 aliphatic rings. The molecule has 1 aromatic carbocycles. The summed E-state index contributed by atoms with van der Waals surface area (Å²) in [6.45, 7) is 0.221. The van der Waals surface area contributed by atoms with Crippen molar-refractivity contribution in [1.82, 2.24) is 0 Å². The number of nitrogens with zero attached hydrogens (tertiary/aromatic N) is 1. The SMILES string of the molecule is O=S(=O)(O)CCCO[n+]1cccc2ccccc21. The van der Waals surface area contributed by atoms with Crippen LogP contribution in [0.4, 0.5) is 0 Å². The number of para-hydroxylation sites is 1. The molecule has 0 aliphatic carbocycles. The van der Waals surface area contributed by atoms with Crippen LogP contribution in [0.1, 0.15) is 6.42 Å². The second-order valence-electron chi connectivity index (χ2n) is 3.87. The summed E-state index contributed by atoms with van der Waals surface area (Å²) in [5, 5.41) is 1.04. The molecule has 0 saturated carbocycles. The lowest BCUT2D eigenvalue weighted by molar-refractivity contribution is -0.871. The maximum Gasteiger partial charge on any atom is 0.264 e. The quantitative estimate of drug-likeness (QED) is 0.495. The van der Waals surface area contributed by atoms with Crippen molar-refractivity contribution in [2.75, 3.05) is 12.4 Å². The monoisotopic (exact) mass is 268 g/mol. The van der Waals surface area contributed by atoms with Crippen LogP contribution in [-0.2, 0) is 10.1 Å². The minimum atomic E-state index is -3.91.